The van der Waals surface area contributed by atoms with Gasteiger partial charge in [-0.05, 0) is 18.2 Å². The third-order valence-corrected chi connectivity index (χ3v) is 3.26. The number of nitrogens with zero attached hydrogens (tertiary/aromatic N) is 4. The second kappa shape index (κ2) is 4.59. The van der Waals surface area contributed by atoms with Crippen molar-refractivity contribution < 1.29 is 18.4 Å². The van der Waals surface area contributed by atoms with Gasteiger partial charge in [0.05, 0.1) is 11.3 Å². The van der Waals surface area contributed by atoms with E-state index < -0.39 is 17.9 Å². The Kier molecular flexibility index (Phi) is 2.98. The highest BCUT2D eigenvalue weighted by atomic mass is 19.4. The maximum Gasteiger partial charge on any atom is 0.417 e. The second-order valence-corrected chi connectivity index (χ2v) is 4.69. The first-order chi connectivity index (χ1) is 9.86. The summed E-state index contributed by atoms with van der Waals surface area (Å²) in [5, 5.41) is 10.1. The van der Waals surface area contributed by atoms with Crippen molar-refractivity contribution in [2.75, 3.05) is 7.05 Å². The molecule has 0 aromatic heterocycles. The minimum absolute atomic E-state index is 0.253. The number of aliphatic imine (C=N–C) groups is 2. The standard InChI is InChI=1S/C13H11F3N4O/c1-19-11(8-2-4-20(21)5-3-8)18-10-6-9(13(14,15)16)7-17-12(10)19/h2-7,12,21H,1H3. The minimum Gasteiger partial charge on any atom is -0.332 e. The molecule has 1 unspecified atom stereocenters. The van der Waals surface area contributed by atoms with Gasteiger partial charge in [0.15, 0.2) is 6.17 Å². The molecule has 0 saturated carbocycles. The van der Waals surface area contributed by atoms with Gasteiger partial charge in [-0.2, -0.15) is 13.2 Å². The van der Waals surface area contributed by atoms with Crippen molar-refractivity contribution >= 4 is 11.9 Å². The molecule has 3 heterocycles. The highest BCUT2D eigenvalue weighted by Crippen LogP contribution is 2.32. The van der Waals surface area contributed by atoms with Crippen LogP contribution in [0.4, 0.5) is 13.2 Å². The van der Waals surface area contributed by atoms with Crippen LogP contribution in [0.25, 0.3) is 0 Å². The lowest BCUT2D eigenvalue weighted by atomic mass is 10.1. The molecule has 0 spiro atoms. The maximum absolute atomic E-state index is 12.7. The third kappa shape index (κ3) is 2.38. The average molecular weight is 296 g/mol. The first-order valence-electron chi connectivity index (χ1n) is 6.07. The van der Waals surface area contributed by atoms with E-state index in [-0.39, 0.29) is 5.71 Å². The lowest BCUT2D eigenvalue weighted by molar-refractivity contribution is -0.0856. The van der Waals surface area contributed by atoms with Crippen LogP contribution in [0.1, 0.15) is 0 Å². The molecule has 3 aliphatic heterocycles. The zero-order valence-corrected chi connectivity index (χ0v) is 10.9. The largest absolute Gasteiger partial charge is 0.417 e. The molecule has 0 fully saturated rings. The lowest BCUT2D eigenvalue weighted by Gasteiger charge is -2.23. The van der Waals surface area contributed by atoms with Crippen LogP contribution in [0.3, 0.4) is 0 Å². The van der Waals surface area contributed by atoms with Crippen LogP contribution in [-0.4, -0.2) is 46.5 Å². The quantitative estimate of drug-likeness (QED) is 0.745. The van der Waals surface area contributed by atoms with E-state index in [4.69, 9.17) is 0 Å². The molecule has 1 N–H and O–H groups in total. The van der Waals surface area contributed by atoms with Crippen molar-refractivity contribution in [3.8, 4) is 0 Å². The third-order valence-electron chi connectivity index (χ3n) is 3.26. The normalized spacial score (nSPS) is 24.5. The van der Waals surface area contributed by atoms with Crippen LogP contribution in [-0.2, 0) is 0 Å². The van der Waals surface area contributed by atoms with Crippen molar-refractivity contribution in [2.24, 2.45) is 9.98 Å². The summed E-state index contributed by atoms with van der Waals surface area (Å²) in [5.41, 5.74) is 0.123. The Morgan fingerprint density at radius 1 is 1.24 bits per heavy atom. The highest BCUT2D eigenvalue weighted by Gasteiger charge is 2.38. The molecule has 8 heteroatoms. The zero-order valence-electron chi connectivity index (χ0n) is 10.9. The average Bonchev–Trinajstić information content (AvgIpc) is 2.76. The molecule has 3 rings (SSSR count). The first-order valence-corrected chi connectivity index (χ1v) is 6.07. The van der Waals surface area contributed by atoms with Gasteiger partial charge in [-0.3, -0.25) is 10.2 Å². The summed E-state index contributed by atoms with van der Waals surface area (Å²) in [6.07, 6.45) is 2.92. The fourth-order valence-corrected chi connectivity index (χ4v) is 2.19. The van der Waals surface area contributed by atoms with Crippen molar-refractivity contribution in [1.29, 1.82) is 0 Å². The molecule has 0 radical (unpaired) electrons. The Balaban J connectivity index is 1.99. The monoisotopic (exact) mass is 296 g/mol. The fraction of sp³-hybridized carbons (Fsp3) is 0.231. The topological polar surface area (TPSA) is 51.4 Å². The number of halogens is 3. The van der Waals surface area contributed by atoms with E-state index >= 15 is 0 Å². The summed E-state index contributed by atoms with van der Waals surface area (Å²) in [6.45, 7) is 0. The molecule has 110 valence electrons. The van der Waals surface area contributed by atoms with Crippen LogP contribution in [0, 0.1) is 0 Å². The summed E-state index contributed by atoms with van der Waals surface area (Å²) < 4.78 is 38.1. The van der Waals surface area contributed by atoms with Crippen LogP contribution in [0.5, 0.6) is 0 Å². The van der Waals surface area contributed by atoms with Crippen LogP contribution in [0.15, 0.2) is 57.6 Å². The molecule has 0 aromatic carbocycles. The number of hydrogen-bond donors (Lipinski definition) is 1. The molecule has 1 atom stereocenters. The van der Waals surface area contributed by atoms with E-state index in [2.05, 4.69) is 9.98 Å². The van der Waals surface area contributed by atoms with Gasteiger partial charge in [0, 0.05) is 31.2 Å². The van der Waals surface area contributed by atoms with Gasteiger partial charge in [0.1, 0.15) is 5.82 Å². The number of hydroxylamine groups is 2. The number of allylic oxidation sites excluding steroid dienone is 4. The van der Waals surface area contributed by atoms with Gasteiger partial charge in [0.25, 0.3) is 0 Å². The second-order valence-electron chi connectivity index (χ2n) is 4.69. The molecule has 0 bridgehead atoms. The number of hydrogen-bond acceptors (Lipinski definition) is 5. The van der Waals surface area contributed by atoms with Gasteiger partial charge in [0.2, 0.25) is 0 Å². The van der Waals surface area contributed by atoms with Gasteiger partial charge in [-0.1, -0.05) is 0 Å². The molecule has 0 amide bonds. The Morgan fingerprint density at radius 2 is 1.90 bits per heavy atom. The lowest BCUT2D eigenvalue weighted by Crippen LogP contribution is -2.33. The van der Waals surface area contributed by atoms with Gasteiger partial charge < -0.3 is 4.90 Å². The predicted octanol–water partition coefficient (Wildman–Crippen LogP) is 2.22. The minimum atomic E-state index is -4.44. The SMILES string of the molecule is CN1C(=C2C=CN(O)C=C2)N=C2C=C(C(F)(F)F)C=NC21. The molecule has 0 aromatic rings. The first kappa shape index (κ1) is 13.6. The Morgan fingerprint density at radius 3 is 2.52 bits per heavy atom. The van der Waals surface area contributed by atoms with E-state index in [9.17, 15) is 18.4 Å². The van der Waals surface area contributed by atoms with Crippen LogP contribution < -0.4 is 0 Å². The Hall–Kier alpha value is -2.35. The van der Waals surface area contributed by atoms with Gasteiger partial charge in [-0.15, -0.1) is 0 Å². The van der Waals surface area contributed by atoms with E-state index in [0.717, 1.165) is 17.4 Å². The van der Waals surface area contributed by atoms with Gasteiger partial charge in [-0.25, -0.2) is 10.1 Å². The summed E-state index contributed by atoms with van der Waals surface area (Å²) in [5.74, 6) is 0.507. The van der Waals surface area contributed by atoms with E-state index in [1.54, 1.807) is 24.1 Å². The molecular formula is C13H11F3N4O. The molecule has 0 aliphatic carbocycles. The summed E-state index contributed by atoms with van der Waals surface area (Å²) in [6, 6.07) is 0. The fourth-order valence-electron chi connectivity index (χ4n) is 2.19. The maximum atomic E-state index is 12.7. The van der Waals surface area contributed by atoms with Crippen LogP contribution in [0.2, 0.25) is 0 Å². The predicted molar refractivity (Wildman–Crippen MR) is 70.5 cm³/mol. The van der Waals surface area contributed by atoms with Crippen molar-refractivity contribution in [3.63, 3.8) is 0 Å². The summed E-state index contributed by atoms with van der Waals surface area (Å²) >= 11 is 0. The molecule has 3 aliphatic rings. The Labute approximate surface area is 118 Å². The van der Waals surface area contributed by atoms with Crippen molar-refractivity contribution in [3.05, 3.63) is 47.6 Å². The van der Waals surface area contributed by atoms with E-state index in [1.165, 1.54) is 12.4 Å². The van der Waals surface area contributed by atoms with Crippen molar-refractivity contribution in [1.82, 2.24) is 9.96 Å². The molecule has 21 heavy (non-hydrogen) atoms. The number of rotatable bonds is 0. The molecule has 0 saturated heterocycles. The van der Waals surface area contributed by atoms with E-state index in [0.29, 0.717) is 11.4 Å². The van der Waals surface area contributed by atoms with Crippen molar-refractivity contribution in [2.45, 2.75) is 12.3 Å². The number of fused-ring (bicyclic) bond motifs is 1. The zero-order chi connectivity index (χ0) is 15.2. The van der Waals surface area contributed by atoms with Gasteiger partial charge >= 0.3 is 6.18 Å². The summed E-state index contributed by atoms with van der Waals surface area (Å²) in [4.78, 5) is 9.84. The number of dihydropyridines is 1. The Bertz CT molecular complexity index is 639. The molecule has 5 nitrogen and oxygen atoms in total. The van der Waals surface area contributed by atoms with E-state index in [1.807, 2.05) is 0 Å². The summed E-state index contributed by atoms with van der Waals surface area (Å²) in [7, 11) is 1.71. The van der Waals surface area contributed by atoms with Crippen LogP contribution >= 0.6 is 0 Å². The highest BCUT2D eigenvalue weighted by molar-refractivity contribution is 6.08. The number of alkyl halides is 3. The smallest absolute Gasteiger partial charge is 0.332 e. The molecular weight excluding hydrogens is 285 g/mol.